The summed E-state index contributed by atoms with van der Waals surface area (Å²) < 4.78 is 45.3. The molecule has 0 fully saturated rings. The average Bonchev–Trinajstić information content (AvgIpc) is 2.94. The second kappa shape index (κ2) is 14.5. The summed E-state index contributed by atoms with van der Waals surface area (Å²) in [5.41, 5.74) is 1.70. The predicted molar refractivity (Wildman–Crippen MR) is 154 cm³/mol. The van der Waals surface area contributed by atoms with Gasteiger partial charge in [0.1, 0.15) is 24.2 Å². The van der Waals surface area contributed by atoms with Crippen LogP contribution >= 0.6 is 0 Å². The highest BCUT2D eigenvalue weighted by Gasteiger charge is 2.33. The van der Waals surface area contributed by atoms with Gasteiger partial charge in [-0.15, -0.1) is 0 Å². The van der Waals surface area contributed by atoms with Gasteiger partial charge in [0.15, 0.2) is 0 Å². The molecule has 3 aromatic rings. The molecule has 1 atom stereocenters. The fraction of sp³-hybridized carbons (Fsp3) is 0.333. The van der Waals surface area contributed by atoms with Gasteiger partial charge in [0.05, 0.1) is 19.1 Å². The molecule has 0 radical (unpaired) electrons. The first kappa shape index (κ1) is 30.6. The molecule has 214 valence electrons. The number of methoxy groups -OCH3 is 1. The Labute approximate surface area is 235 Å². The number of sulfonamides is 1. The molecule has 0 aliphatic carbocycles. The van der Waals surface area contributed by atoms with Gasteiger partial charge in [0, 0.05) is 19.5 Å². The van der Waals surface area contributed by atoms with Gasteiger partial charge in [-0.1, -0.05) is 55.8 Å². The topological polar surface area (TPSA) is 96.0 Å². The molecule has 0 saturated heterocycles. The highest BCUT2D eigenvalue weighted by atomic mass is 32.2. The lowest BCUT2D eigenvalue weighted by molar-refractivity contribution is -0.140. The van der Waals surface area contributed by atoms with Crippen molar-refractivity contribution in [3.05, 3.63) is 95.8 Å². The van der Waals surface area contributed by atoms with E-state index < -0.39 is 34.3 Å². The van der Waals surface area contributed by atoms with Crippen molar-refractivity contribution in [2.45, 2.75) is 38.8 Å². The monoisotopic (exact) mass is 569 g/mol. The number of carbonyl (C=O) groups excluding carboxylic acids is 2. The fourth-order valence-corrected chi connectivity index (χ4v) is 5.10. The molecule has 2 amide bonds. The van der Waals surface area contributed by atoms with Crippen LogP contribution in [-0.2, 0) is 32.6 Å². The maximum atomic E-state index is 14.0. The molecule has 0 spiro atoms. The van der Waals surface area contributed by atoms with Gasteiger partial charge in [0.2, 0.25) is 21.8 Å². The van der Waals surface area contributed by atoms with E-state index in [0.29, 0.717) is 17.9 Å². The zero-order chi connectivity index (χ0) is 29.1. The highest BCUT2D eigenvalue weighted by molar-refractivity contribution is 7.92. The maximum absolute atomic E-state index is 14.0. The fourth-order valence-electron chi connectivity index (χ4n) is 4.25. The zero-order valence-corrected chi connectivity index (χ0v) is 23.9. The molecule has 1 unspecified atom stereocenters. The standard InChI is InChI=1S/C30H36FN3O5S/c1-4-5-18-32-30(36)28(20-23-10-7-6-8-11-23)33(21-24-12-9-13-27(19-24)39-2)29(35)22-34(40(3,37)38)26-16-14-25(31)15-17-26/h6-17,19,28H,4-5,18,20-22H2,1-3H3,(H,32,36). The van der Waals surface area contributed by atoms with Crippen molar-refractivity contribution in [1.29, 1.82) is 0 Å². The molecular weight excluding hydrogens is 533 g/mol. The van der Waals surface area contributed by atoms with Crippen molar-refractivity contribution in [2.24, 2.45) is 0 Å². The number of carbonyl (C=O) groups is 2. The van der Waals surface area contributed by atoms with E-state index in [0.717, 1.165) is 41.1 Å². The quantitative estimate of drug-likeness (QED) is 0.294. The smallest absolute Gasteiger partial charge is 0.244 e. The van der Waals surface area contributed by atoms with Crippen LogP contribution in [-0.4, -0.2) is 57.6 Å². The molecule has 0 aliphatic rings. The minimum absolute atomic E-state index is 0.0375. The van der Waals surface area contributed by atoms with Crippen molar-refractivity contribution in [2.75, 3.05) is 30.8 Å². The number of nitrogens with one attached hydrogen (secondary N) is 1. The summed E-state index contributed by atoms with van der Waals surface area (Å²) in [6.07, 6.45) is 2.87. The Morgan fingerprint density at radius 1 is 0.975 bits per heavy atom. The van der Waals surface area contributed by atoms with Crippen LogP contribution in [0.2, 0.25) is 0 Å². The third-order valence-electron chi connectivity index (χ3n) is 6.38. The number of hydrogen-bond donors (Lipinski definition) is 1. The van der Waals surface area contributed by atoms with Crippen LogP contribution < -0.4 is 14.4 Å². The number of benzene rings is 3. The molecule has 0 bridgehead atoms. The van der Waals surface area contributed by atoms with Gasteiger partial charge < -0.3 is 15.0 Å². The zero-order valence-electron chi connectivity index (χ0n) is 23.0. The van der Waals surface area contributed by atoms with Crippen molar-refractivity contribution >= 4 is 27.5 Å². The average molecular weight is 570 g/mol. The second-order valence-electron chi connectivity index (χ2n) is 9.47. The third-order valence-corrected chi connectivity index (χ3v) is 7.52. The van der Waals surface area contributed by atoms with Gasteiger partial charge in [-0.2, -0.15) is 0 Å². The maximum Gasteiger partial charge on any atom is 0.244 e. The van der Waals surface area contributed by atoms with E-state index in [1.165, 1.54) is 24.1 Å². The Balaban J connectivity index is 2.04. The summed E-state index contributed by atoms with van der Waals surface area (Å²) in [5, 5.41) is 2.94. The molecule has 8 nitrogen and oxygen atoms in total. The molecule has 40 heavy (non-hydrogen) atoms. The van der Waals surface area contributed by atoms with Gasteiger partial charge >= 0.3 is 0 Å². The van der Waals surface area contributed by atoms with E-state index in [1.54, 1.807) is 18.2 Å². The normalized spacial score (nSPS) is 11.9. The number of halogens is 1. The minimum Gasteiger partial charge on any atom is -0.497 e. The predicted octanol–water partition coefficient (Wildman–Crippen LogP) is 4.16. The van der Waals surface area contributed by atoms with Crippen molar-refractivity contribution in [3.8, 4) is 5.75 Å². The summed E-state index contributed by atoms with van der Waals surface area (Å²) in [4.78, 5) is 29.0. The molecule has 0 saturated carbocycles. The van der Waals surface area contributed by atoms with E-state index in [-0.39, 0.29) is 24.6 Å². The Hall–Kier alpha value is -3.92. The summed E-state index contributed by atoms with van der Waals surface area (Å²) >= 11 is 0. The number of anilines is 1. The summed E-state index contributed by atoms with van der Waals surface area (Å²) in [6.45, 7) is 1.94. The SMILES string of the molecule is CCCCNC(=O)C(Cc1ccccc1)N(Cc1cccc(OC)c1)C(=O)CN(c1ccc(F)cc1)S(C)(=O)=O. The van der Waals surface area contributed by atoms with E-state index in [4.69, 9.17) is 4.74 Å². The third kappa shape index (κ3) is 8.81. The molecule has 1 N–H and O–H groups in total. The molecule has 0 aromatic heterocycles. The van der Waals surface area contributed by atoms with E-state index in [9.17, 15) is 22.4 Å². The Kier molecular flexibility index (Phi) is 11.1. The van der Waals surface area contributed by atoms with E-state index in [2.05, 4.69) is 5.32 Å². The van der Waals surface area contributed by atoms with Crippen LogP contribution in [0.1, 0.15) is 30.9 Å². The largest absolute Gasteiger partial charge is 0.497 e. The Morgan fingerprint density at radius 2 is 1.65 bits per heavy atom. The number of amides is 2. The Morgan fingerprint density at radius 3 is 2.27 bits per heavy atom. The highest BCUT2D eigenvalue weighted by Crippen LogP contribution is 2.22. The van der Waals surface area contributed by atoms with Crippen molar-refractivity contribution in [3.63, 3.8) is 0 Å². The van der Waals surface area contributed by atoms with Crippen LogP contribution in [0.15, 0.2) is 78.9 Å². The number of unbranched alkanes of at least 4 members (excludes halogenated alkanes) is 1. The van der Waals surface area contributed by atoms with E-state index >= 15 is 0 Å². The lowest BCUT2D eigenvalue weighted by atomic mass is 10.0. The summed E-state index contributed by atoms with van der Waals surface area (Å²) in [7, 11) is -2.39. The molecule has 0 aliphatic heterocycles. The molecule has 0 heterocycles. The van der Waals surface area contributed by atoms with Crippen LogP contribution in [0.5, 0.6) is 5.75 Å². The van der Waals surface area contributed by atoms with Gasteiger partial charge in [-0.25, -0.2) is 12.8 Å². The van der Waals surface area contributed by atoms with Gasteiger partial charge in [0.25, 0.3) is 0 Å². The first-order valence-corrected chi connectivity index (χ1v) is 14.9. The molecule has 10 heteroatoms. The number of nitrogens with zero attached hydrogens (tertiary/aromatic N) is 2. The van der Waals surface area contributed by atoms with Crippen LogP contribution in [0.4, 0.5) is 10.1 Å². The van der Waals surface area contributed by atoms with Crippen LogP contribution in [0.25, 0.3) is 0 Å². The van der Waals surface area contributed by atoms with Crippen LogP contribution in [0, 0.1) is 5.82 Å². The number of hydrogen-bond acceptors (Lipinski definition) is 5. The minimum atomic E-state index is -3.92. The summed E-state index contributed by atoms with van der Waals surface area (Å²) in [6, 6.07) is 20.4. The lowest BCUT2D eigenvalue weighted by Crippen LogP contribution is -2.53. The van der Waals surface area contributed by atoms with Crippen molar-refractivity contribution in [1.82, 2.24) is 10.2 Å². The first-order valence-electron chi connectivity index (χ1n) is 13.1. The Bertz CT molecular complexity index is 1370. The number of ether oxygens (including phenoxy) is 1. The van der Waals surface area contributed by atoms with Gasteiger partial charge in [-0.05, 0) is 53.9 Å². The van der Waals surface area contributed by atoms with Gasteiger partial charge in [-0.3, -0.25) is 13.9 Å². The second-order valence-corrected chi connectivity index (χ2v) is 11.4. The van der Waals surface area contributed by atoms with E-state index in [1.807, 2.05) is 43.3 Å². The summed E-state index contributed by atoms with van der Waals surface area (Å²) in [5.74, 6) is -0.860. The molecule has 3 rings (SSSR count). The van der Waals surface area contributed by atoms with Crippen molar-refractivity contribution < 1.29 is 27.1 Å². The van der Waals surface area contributed by atoms with Crippen LogP contribution in [0.3, 0.4) is 0 Å². The lowest BCUT2D eigenvalue weighted by Gasteiger charge is -2.33. The number of rotatable bonds is 14. The molecular formula is C30H36FN3O5S. The molecule has 3 aromatic carbocycles. The first-order chi connectivity index (χ1) is 19.1.